The molecule has 0 aromatic carbocycles. The Morgan fingerprint density at radius 1 is 1.70 bits per heavy atom. The number of hydrogen-bond acceptors (Lipinski definition) is 2. The van der Waals surface area contributed by atoms with Crippen LogP contribution in [-0.2, 0) is 4.74 Å². The van der Waals surface area contributed by atoms with Crippen molar-refractivity contribution in [3.8, 4) is 0 Å². The fourth-order valence-electron chi connectivity index (χ4n) is 0.142. The highest BCUT2D eigenvalue weighted by molar-refractivity contribution is 5.64. The first-order chi connectivity index (χ1) is 4.68. The van der Waals surface area contributed by atoms with Crippen molar-refractivity contribution < 1.29 is 9.53 Å². The molecular weight excluding hydrogens is 130 g/mol. The van der Waals surface area contributed by atoms with E-state index in [-0.39, 0.29) is 0 Å². The van der Waals surface area contributed by atoms with Crippen molar-refractivity contribution in [3.63, 3.8) is 0 Å². The fourth-order valence-corrected chi connectivity index (χ4v) is 0.142. The van der Waals surface area contributed by atoms with Gasteiger partial charge in [0.05, 0.1) is 6.61 Å². The standard InChI is InChI=1S/C4H8.C3H7NO2/c1-3-4-2;1-2-6-3(4)5/h3H,1,4H2,2H3;2H2,1H3,(H2,4,5). The molecule has 0 aromatic rings. The van der Waals surface area contributed by atoms with Crippen LogP contribution in [0.1, 0.15) is 20.3 Å². The van der Waals surface area contributed by atoms with Crippen molar-refractivity contribution in [1.29, 1.82) is 0 Å². The molecule has 0 aliphatic carbocycles. The van der Waals surface area contributed by atoms with Crippen LogP contribution in [0.3, 0.4) is 0 Å². The molecule has 0 heterocycles. The second kappa shape index (κ2) is 10.9. The molecule has 0 fully saturated rings. The van der Waals surface area contributed by atoms with Gasteiger partial charge in [-0.3, -0.25) is 0 Å². The van der Waals surface area contributed by atoms with Crippen LogP contribution in [0, 0.1) is 0 Å². The monoisotopic (exact) mass is 145 g/mol. The first-order valence-corrected chi connectivity index (χ1v) is 3.22. The fraction of sp³-hybridized carbons (Fsp3) is 0.571. The Kier molecular flexibility index (Phi) is 12.8. The first-order valence-electron chi connectivity index (χ1n) is 3.22. The molecule has 0 bridgehead atoms. The number of amides is 1. The van der Waals surface area contributed by atoms with Gasteiger partial charge in [0.15, 0.2) is 0 Å². The van der Waals surface area contributed by atoms with Crippen molar-refractivity contribution in [1.82, 2.24) is 0 Å². The molecule has 0 atom stereocenters. The number of ether oxygens (including phenoxy) is 1. The summed E-state index contributed by atoms with van der Waals surface area (Å²) >= 11 is 0. The van der Waals surface area contributed by atoms with Crippen LogP contribution in [0.5, 0.6) is 0 Å². The number of carbonyl (C=O) groups excluding carboxylic acids is 1. The Morgan fingerprint density at radius 2 is 2.10 bits per heavy atom. The molecule has 0 radical (unpaired) electrons. The third-order valence-corrected chi connectivity index (χ3v) is 0.575. The van der Waals surface area contributed by atoms with Gasteiger partial charge in [0.25, 0.3) is 0 Å². The molecule has 0 unspecified atom stereocenters. The first kappa shape index (κ1) is 11.8. The van der Waals surface area contributed by atoms with Crippen molar-refractivity contribution in [2.75, 3.05) is 6.61 Å². The van der Waals surface area contributed by atoms with Crippen molar-refractivity contribution >= 4 is 6.09 Å². The van der Waals surface area contributed by atoms with Crippen LogP contribution in [0.15, 0.2) is 12.7 Å². The zero-order valence-corrected chi connectivity index (χ0v) is 6.59. The highest BCUT2D eigenvalue weighted by atomic mass is 16.5. The van der Waals surface area contributed by atoms with Gasteiger partial charge in [-0.2, -0.15) is 0 Å². The van der Waals surface area contributed by atoms with Crippen LogP contribution in [0.4, 0.5) is 4.79 Å². The van der Waals surface area contributed by atoms with E-state index in [0.717, 1.165) is 6.42 Å². The molecule has 0 aromatic heterocycles. The minimum absolute atomic E-state index is 0.356. The summed E-state index contributed by atoms with van der Waals surface area (Å²) in [4.78, 5) is 9.60. The van der Waals surface area contributed by atoms with Crippen molar-refractivity contribution in [2.45, 2.75) is 20.3 Å². The highest BCUT2D eigenvalue weighted by Gasteiger charge is 1.82. The minimum atomic E-state index is -0.711. The largest absolute Gasteiger partial charge is 0.450 e. The zero-order chi connectivity index (χ0) is 8.41. The second-order valence-corrected chi connectivity index (χ2v) is 1.45. The summed E-state index contributed by atoms with van der Waals surface area (Å²) in [6, 6.07) is 0. The van der Waals surface area contributed by atoms with E-state index < -0.39 is 6.09 Å². The van der Waals surface area contributed by atoms with Crippen molar-refractivity contribution in [3.05, 3.63) is 12.7 Å². The second-order valence-electron chi connectivity index (χ2n) is 1.45. The maximum Gasteiger partial charge on any atom is 0.404 e. The molecule has 3 heteroatoms. The van der Waals surface area contributed by atoms with E-state index in [2.05, 4.69) is 24.0 Å². The third-order valence-electron chi connectivity index (χ3n) is 0.575. The summed E-state index contributed by atoms with van der Waals surface area (Å²) in [5.74, 6) is 0. The lowest BCUT2D eigenvalue weighted by atomic mass is 10.5. The van der Waals surface area contributed by atoms with Crippen molar-refractivity contribution in [2.24, 2.45) is 5.73 Å². The van der Waals surface area contributed by atoms with Gasteiger partial charge in [-0.25, -0.2) is 4.79 Å². The summed E-state index contributed by atoms with van der Waals surface area (Å²) in [6.45, 7) is 7.60. The minimum Gasteiger partial charge on any atom is -0.450 e. The summed E-state index contributed by atoms with van der Waals surface area (Å²) in [5, 5.41) is 0. The lowest BCUT2D eigenvalue weighted by molar-refractivity contribution is 0.163. The van der Waals surface area contributed by atoms with Crippen LogP contribution < -0.4 is 5.73 Å². The Bertz CT molecular complexity index is 91.6. The quantitative estimate of drug-likeness (QED) is 0.601. The van der Waals surface area contributed by atoms with Gasteiger partial charge >= 0.3 is 6.09 Å². The maximum atomic E-state index is 9.60. The van der Waals surface area contributed by atoms with Gasteiger partial charge in [-0.05, 0) is 13.3 Å². The third kappa shape index (κ3) is 27.9. The van der Waals surface area contributed by atoms with Gasteiger partial charge < -0.3 is 10.5 Å². The molecule has 3 nitrogen and oxygen atoms in total. The summed E-state index contributed by atoms with van der Waals surface area (Å²) < 4.78 is 4.18. The Labute approximate surface area is 61.9 Å². The molecule has 0 spiro atoms. The normalized spacial score (nSPS) is 7.00. The molecule has 60 valence electrons. The van der Waals surface area contributed by atoms with Gasteiger partial charge in [0.1, 0.15) is 0 Å². The van der Waals surface area contributed by atoms with E-state index in [1.165, 1.54) is 0 Å². The van der Waals surface area contributed by atoms with Gasteiger partial charge in [-0.15, -0.1) is 6.58 Å². The van der Waals surface area contributed by atoms with E-state index in [4.69, 9.17) is 0 Å². The number of hydrogen-bond donors (Lipinski definition) is 1. The molecule has 0 aliphatic heterocycles. The van der Waals surface area contributed by atoms with Gasteiger partial charge in [0, 0.05) is 0 Å². The molecule has 0 saturated heterocycles. The molecule has 0 rings (SSSR count). The average molecular weight is 145 g/mol. The Hall–Kier alpha value is -0.990. The number of carbonyl (C=O) groups is 1. The molecule has 2 N–H and O–H groups in total. The summed E-state index contributed by atoms with van der Waals surface area (Å²) in [6.07, 6.45) is 2.25. The molecule has 1 amide bonds. The van der Waals surface area contributed by atoms with Crippen LogP contribution in [0.25, 0.3) is 0 Å². The lowest BCUT2D eigenvalue weighted by Gasteiger charge is -1.89. The topological polar surface area (TPSA) is 52.3 Å². The number of primary amides is 1. The molecular formula is C7H15NO2. The van der Waals surface area contributed by atoms with E-state index >= 15 is 0 Å². The van der Waals surface area contributed by atoms with Crippen LogP contribution >= 0.6 is 0 Å². The summed E-state index contributed by atoms with van der Waals surface area (Å²) in [5.41, 5.74) is 4.54. The number of rotatable bonds is 2. The maximum absolute atomic E-state index is 9.60. The number of allylic oxidation sites excluding steroid dienone is 1. The van der Waals surface area contributed by atoms with Gasteiger partial charge in [-0.1, -0.05) is 13.0 Å². The Balaban J connectivity index is 0. The average Bonchev–Trinajstić information content (AvgIpc) is 1.89. The van der Waals surface area contributed by atoms with E-state index in [1.807, 2.05) is 6.08 Å². The SMILES string of the molecule is C=CCC.CCOC(N)=O. The van der Waals surface area contributed by atoms with E-state index in [0.29, 0.717) is 6.61 Å². The molecule has 0 saturated carbocycles. The highest BCUT2D eigenvalue weighted by Crippen LogP contribution is 1.66. The molecule has 0 aliphatic rings. The van der Waals surface area contributed by atoms with E-state index in [9.17, 15) is 4.79 Å². The lowest BCUT2D eigenvalue weighted by Crippen LogP contribution is -2.11. The van der Waals surface area contributed by atoms with Crippen LogP contribution in [0.2, 0.25) is 0 Å². The molecule has 10 heavy (non-hydrogen) atoms. The predicted octanol–water partition coefficient (Wildman–Crippen LogP) is 1.68. The van der Waals surface area contributed by atoms with Gasteiger partial charge in [0.2, 0.25) is 0 Å². The zero-order valence-electron chi connectivity index (χ0n) is 6.59. The summed E-state index contributed by atoms with van der Waals surface area (Å²) in [7, 11) is 0. The number of nitrogens with two attached hydrogens (primary N) is 1. The Morgan fingerprint density at radius 3 is 2.10 bits per heavy atom. The predicted molar refractivity (Wildman–Crippen MR) is 41.7 cm³/mol. The van der Waals surface area contributed by atoms with E-state index in [1.54, 1.807) is 6.92 Å². The smallest absolute Gasteiger partial charge is 0.404 e. The van der Waals surface area contributed by atoms with Crippen LogP contribution in [-0.4, -0.2) is 12.7 Å².